The first-order valence-electron chi connectivity index (χ1n) is 6.77. The molecule has 0 aromatic rings. The molecule has 5 nitrogen and oxygen atoms in total. The summed E-state index contributed by atoms with van der Waals surface area (Å²) in [6, 6.07) is -0.137. The Hall–Kier alpha value is -0.910. The number of carboxylic acid groups (broad SMARTS) is 1. The number of hydrogen-bond donors (Lipinski definition) is 2. The van der Waals surface area contributed by atoms with Gasteiger partial charge in [-0.15, -0.1) is 0 Å². The third-order valence-corrected chi connectivity index (χ3v) is 4.27. The Labute approximate surface area is 119 Å². The van der Waals surface area contributed by atoms with E-state index in [-0.39, 0.29) is 12.6 Å². The van der Waals surface area contributed by atoms with Crippen LogP contribution in [0.4, 0.5) is 4.79 Å². The molecule has 2 amide bonds. The lowest BCUT2D eigenvalue weighted by Gasteiger charge is -2.31. The Morgan fingerprint density at radius 3 is 2.68 bits per heavy atom. The van der Waals surface area contributed by atoms with Crippen molar-refractivity contribution in [2.75, 3.05) is 25.4 Å². The number of carbonyl (C=O) groups excluding carboxylic acids is 1. The summed E-state index contributed by atoms with van der Waals surface area (Å²) in [5, 5.41) is 12.3. The fourth-order valence-corrected chi connectivity index (χ4v) is 3.18. The number of carboxylic acids is 1. The Kier molecular flexibility index (Phi) is 6.48. The van der Waals surface area contributed by atoms with E-state index in [1.165, 1.54) is 0 Å². The zero-order valence-corrected chi connectivity index (χ0v) is 12.7. The molecule has 1 fully saturated rings. The normalized spacial score (nSPS) is 21.3. The number of thioether (sulfide) groups is 1. The quantitative estimate of drug-likeness (QED) is 0.810. The number of nitrogens with zero attached hydrogens (tertiary/aromatic N) is 1. The fraction of sp³-hybridized carbons (Fsp3) is 0.846. The molecule has 1 rings (SSSR count). The molecule has 0 saturated carbocycles. The average Bonchev–Trinajstić information content (AvgIpc) is 2.33. The molecule has 2 N–H and O–H groups in total. The van der Waals surface area contributed by atoms with Gasteiger partial charge in [0.15, 0.2) is 0 Å². The number of hydrogen-bond acceptors (Lipinski definition) is 3. The van der Waals surface area contributed by atoms with Gasteiger partial charge in [0, 0.05) is 30.6 Å². The van der Waals surface area contributed by atoms with Gasteiger partial charge in [0.05, 0.1) is 5.92 Å². The minimum absolute atomic E-state index is 0.137. The van der Waals surface area contributed by atoms with E-state index in [4.69, 9.17) is 5.11 Å². The molecule has 0 bridgehead atoms. The molecule has 1 heterocycles. The van der Waals surface area contributed by atoms with Gasteiger partial charge >= 0.3 is 12.0 Å². The molecule has 0 aromatic carbocycles. The zero-order chi connectivity index (χ0) is 14.4. The molecule has 110 valence electrons. The summed E-state index contributed by atoms with van der Waals surface area (Å²) < 4.78 is 0. The van der Waals surface area contributed by atoms with E-state index in [0.29, 0.717) is 17.6 Å². The molecule has 19 heavy (non-hydrogen) atoms. The maximum absolute atomic E-state index is 12.0. The van der Waals surface area contributed by atoms with Crippen LogP contribution >= 0.6 is 11.8 Å². The summed E-state index contributed by atoms with van der Waals surface area (Å²) in [5.41, 5.74) is 0. The zero-order valence-electron chi connectivity index (χ0n) is 11.9. The summed E-state index contributed by atoms with van der Waals surface area (Å²) >= 11 is 1.86. The number of amides is 2. The molecular weight excluding hydrogens is 264 g/mol. The highest BCUT2D eigenvalue weighted by Gasteiger charge is 2.24. The monoisotopic (exact) mass is 288 g/mol. The summed E-state index contributed by atoms with van der Waals surface area (Å²) in [6.07, 6.45) is 0.585. The van der Waals surface area contributed by atoms with Crippen molar-refractivity contribution in [1.29, 1.82) is 0 Å². The third-order valence-electron chi connectivity index (χ3n) is 3.13. The second-order valence-corrected chi connectivity index (χ2v) is 7.02. The number of nitrogens with one attached hydrogen (secondary N) is 1. The predicted octanol–water partition coefficient (Wildman–Crippen LogP) is 1.88. The van der Waals surface area contributed by atoms with Crippen LogP contribution in [-0.4, -0.2) is 52.6 Å². The second-order valence-electron chi connectivity index (χ2n) is 5.48. The van der Waals surface area contributed by atoms with Gasteiger partial charge in [-0.1, -0.05) is 20.8 Å². The van der Waals surface area contributed by atoms with Gasteiger partial charge in [-0.3, -0.25) is 4.79 Å². The van der Waals surface area contributed by atoms with Crippen molar-refractivity contribution in [3.8, 4) is 0 Å². The number of rotatable bonds is 5. The number of aliphatic carboxylic acids is 1. The van der Waals surface area contributed by atoms with Crippen LogP contribution in [0.15, 0.2) is 0 Å². The summed E-state index contributed by atoms with van der Waals surface area (Å²) in [5.74, 6) is -0.0790. The molecule has 2 atom stereocenters. The lowest BCUT2D eigenvalue weighted by atomic mass is 9.97. The van der Waals surface area contributed by atoms with Gasteiger partial charge in [0.25, 0.3) is 0 Å². The Balaban J connectivity index is 2.40. The van der Waals surface area contributed by atoms with E-state index < -0.39 is 11.9 Å². The van der Waals surface area contributed by atoms with Crippen molar-refractivity contribution >= 4 is 23.8 Å². The Morgan fingerprint density at radius 2 is 2.16 bits per heavy atom. The van der Waals surface area contributed by atoms with E-state index in [0.717, 1.165) is 18.8 Å². The van der Waals surface area contributed by atoms with Crippen LogP contribution in [0.3, 0.4) is 0 Å². The number of carbonyl (C=O) groups is 2. The van der Waals surface area contributed by atoms with Crippen molar-refractivity contribution in [2.45, 2.75) is 32.4 Å². The highest BCUT2D eigenvalue weighted by molar-refractivity contribution is 7.99. The molecular formula is C13H24N2O3S. The lowest BCUT2D eigenvalue weighted by molar-refractivity contribution is -0.142. The van der Waals surface area contributed by atoms with Crippen molar-refractivity contribution in [1.82, 2.24) is 10.2 Å². The van der Waals surface area contributed by atoms with E-state index >= 15 is 0 Å². The molecule has 0 aromatic heterocycles. The molecule has 0 radical (unpaired) electrons. The standard InChI is InChI=1S/C13H24N2O3S/c1-9(2)6-11(12(16)17)7-14-13(18)15-4-5-19-10(3)8-15/h9-11H,4-8H2,1-3H3,(H,14,18)(H,16,17). The highest BCUT2D eigenvalue weighted by Crippen LogP contribution is 2.17. The fourth-order valence-electron chi connectivity index (χ4n) is 2.17. The average molecular weight is 288 g/mol. The Morgan fingerprint density at radius 1 is 1.47 bits per heavy atom. The molecule has 1 aliphatic rings. The van der Waals surface area contributed by atoms with Crippen molar-refractivity contribution in [2.24, 2.45) is 11.8 Å². The van der Waals surface area contributed by atoms with E-state index in [9.17, 15) is 9.59 Å². The van der Waals surface area contributed by atoms with E-state index in [1.807, 2.05) is 25.6 Å². The maximum Gasteiger partial charge on any atom is 0.317 e. The second kappa shape index (κ2) is 7.62. The van der Waals surface area contributed by atoms with Crippen LogP contribution in [0.2, 0.25) is 0 Å². The van der Waals surface area contributed by atoms with Crippen LogP contribution in [0.1, 0.15) is 27.2 Å². The van der Waals surface area contributed by atoms with Crippen LogP contribution in [0.25, 0.3) is 0 Å². The van der Waals surface area contributed by atoms with Gasteiger partial charge in [-0.2, -0.15) is 11.8 Å². The van der Waals surface area contributed by atoms with Crippen LogP contribution in [-0.2, 0) is 4.79 Å². The van der Waals surface area contributed by atoms with Gasteiger partial charge in [-0.05, 0) is 12.3 Å². The molecule has 0 spiro atoms. The first kappa shape index (κ1) is 16.1. The molecule has 1 saturated heterocycles. The topological polar surface area (TPSA) is 69.6 Å². The van der Waals surface area contributed by atoms with Crippen molar-refractivity contribution < 1.29 is 14.7 Å². The highest BCUT2D eigenvalue weighted by atomic mass is 32.2. The summed E-state index contributed by atoms with van der Waals surface area (Å²) in [6.45, 7) is 7.76. The smallest absolute Gasteiger partial charge is 0.317 e. The predicted molar refractivity (Wildman–Crippen MR) is 77.5 cm³/mol. The molecule has 2 unspecified atom stereocenters. The van der Waals surface area contributed by atoms with E-state index in [2.05, 4.69) is 12.2 Å². The summed E-state index contributed by atoms with van der Waals surface area (Å²) in [4.78, 5) is 24.8. The largest absolute Gasteiger partial charge is 0.481 e. The van der Waals surface area contributed by atoms with Crippen molar-refractivity contribution in [3.05, 3.63) is 0 Å². The lowest BCUT2D eigenvalue weighted by Crippen LogP contribution is -2.48. The van der Waals surface area contributed by atoms with Crippen LogP contribution < -0.4 is 5.32 Å². The van der Waals surface area contributed by atoms with Gasteiger partial charge in [0.2, 0.25) is 0 Å². The van der Waals surface area contributed by atoms with Crippen LogP contribution in [0, 0.1) is 11.8 Å². The van der Waals surface area contributed by atoms with Crippen molar-refractivity contribution in [3.63, 3.8) is 0 Å². The minimum Gasteiger partial charge on any atom is -0.481 e. The minimum atomic E-state index is -0.837. The van der Waals surface area contributed by atoms with E-state index in [1.54, 1.807) is 4.90 Å². The molecule has 0 aliphatic carbocycles. The molecule has 6 heteroatoms. The van der Waals surface area contributed by atoms with Gasteiger partial charge < -0.3 is 15.3 Å². The number of urea groups is 1. The Bertz CT molecular complexity index is 323. The maximum atomic E-state index is 12.0. The first-order chi connectivity index (χ1) is 8.90. The SMILES string of the molecule is CC(C)CC(CNC(=O)N1CCSC(C)C1)C(=O)O. The van der Waals surface area contributed by atoms with Gasteiger partial charge in [-0.25, -0.2) is 4.79 Å². The summed E-state index contributed by atoms with van der Waals surface area (Å²) in [7, 11) is 0. The van der Waals surface area contributed by atoms with Gasteiger partial charge in [0.1, 0.15) is 0 Å². The molecule has 1 aliphatic heterocycles. The van der Waals surface area contributed by atoms with Crippen LogP contribution in [0.5, 0.6) is 0 Å². The first-order valence-corrected chi connectivity index (χ1v) is 7.82. The third kappa shape index (κ3) is 5.72.